The van der Waals surface area contributed by atoms with Gasteiger partial charge in [-0.2, -0.15) is 5.10 Å². The Hall–Kier alpha value is -3.28. The molecule has 3 aromatic rings. The number of carbonyl (C=O) groups excluding carboxylic acids is 1. The van der Waals surface area contributed by atoms with Crippen LogP contribution in [0.25, 0.3) is 5.69 Å². The van der Waals surface area contributed by atoms with Crippen molar-refractivity contribution in [2.75, 3.05) is 13.7 Å². The molecule has 1 aromatic heterocycles. The lowest BCUT2D eigenvalue weighted by Crippen LogP contribution is -2.44. The highest BCUT2D eigenvalue weighted by Gasteiger charge is 2.30. The summed E-state index contributed by atoms with van der Waals surface area (Å²) in [5, 5.41) is 4.66. The SMILES string of the molecule is Cc1nn(-c2ccccc2)c(C)c1CN(C)C(=O)C1COc2ccccc2O1. The molecule has 0 bridgehead atoms. The lowest BCUT2D eigenvalue weighted by Gasteiger charge is -2.29. The monoisotopic (exact) mass is 377 g/mol. The average Bonchev–Trinajstić information content (AvgIpc) is 3.01. The van der Waals surface area contributed by atoms with Crippen LogP contribution in [0.1, 0.15) is 17.0 Å². The minimum absolute atomic E-state index is 0.110. The molecule has 1 aliphatic heterocycles. The molecule has 0 saturated carbocycles. The molecule has 1 unspecified atom stereocenters. The Morgan fingerprint density at radius 3 is 2.54 bits per heavy atom. The van der Waals surface area contributed by atoms with Gasteiger partial charge in [-0.1, -0.05) is 30.3 Å². The molecule has 0 spiro atoms. The second-order valence-corrected chi connectivity index (χ2v) is 6.96. The number of ether oxygens (including phenoxy) is 2. The van der Waals surface area contributed by atoms with E-state index >= 15 is 0 Å². The maximum atomic E-state index is 12.9. The smallest absolute Gasteiger partial charge is 0.267 e. The Kier molecular flexibility index (Phi) is 4.77. The zero-order valence-corrected chi connectivity index (χ0v) is 16.3. The number of para-hydroxylation sites is 3. The Balaban J connectivity index is 1.50. The van der Waals surface area contributed by atoms with Gasteiger partial charge in [0.1, 0.15) is 6.61 Å². The first-order chi connectivity index (χ1) is 13.5. The summed E-state index contributed by atoms with van der Waals surface area (Å²) in [5.41, 5.74) is 3.97. The highest BCUT2D eigenvalue weighted by molar-refractivity contribution is 5.81. The van der Waals surface area contributed by atoms with Crippen molar-refractivity contribution in [2.45, 2.75) is 26.5 Å². The van der Waals surface area contributed by atoms with Gasteiger partial charge >= 0.3 is 0 Å². The van der Waals surface area contributed by atoms with Crippen LogP contribution in [-0.2, 0) is 11.3 Å². The maximum absolute atomic E-state index is 12.9. The van der Waals surface area contributed by atoms with Gasteiger partial charge in [0.15, 0.2) is 11.5 Å². The van der Waals surface area contributed by atoms with Gasteiger partial charge in [0.25, 0.3) is 5.91 Å². The van der Waals surface area contributed by atoms with Gasteiger partial charge in [-0.05, 0) is 38.1 Å². The number of aryl methyl sites for hydroxylation is 1. The molecular formula is C22H23N3O3. The first kappa shape index (κ1) is 18.1. The van der Waals surface area contributed by atoms with Crippen LogP contribution in [0, 0.1) is 13.8 Å². The molecule has 4 rings (SSSR count). The van der Waals surface area contributed by atoms with Gasteiger partial charge in [-0.25, -0.2) is 4.68 Å². The van der Waals surface area contributed by atoms with Gasteiger partial charge in [0.05, 0.1) is 11.4 Å². The van der Waals surface area contributed by atoms with Gasteiger partial charge < -0.3 is 14.4 Å². The van der Waals surface area contributed by atoms with Gasteiger partial charge in [-0.3, -0.25) is 4.79 Å². The predicted molar refractivity (Wildman–Crippen MR) is 106 cm³/mol. The molecule has 1 atom stereocenters. The summed E-state index contributed by atoms with van der Waals surface area (Å²) in [6, 6.07) is 17.4. The fraction of sp³-hybridized carbons (Fsp3) is 0.273. The van der Waals surface area contributed by atoms with Crippen molar-refractivity contribution in [1.82, 2.24) is 14.7 Å². The van der Waals surface area contributed by atoms with Gasteiger partial charge in [-0.15, -0.1) is 0 Å². The van der Waals surface area contributed by atoms with E-state index in [1.807, 2.05) is 73.1 Å². The number of likely N-dealkylation sites (N-methyl/N-ethyl adjacent to an activating group) is 1. The number of nitrogens with zero attached hydrogens (tertiary/aromatic N) is 3. The van der Waals surface area contributed by atoms with E-state index in [1.54, 1.807) is 11.9 Å². The van der Waals surface area contributed by atoms with E-state index in [0.29, 0.717) is 18.0 Å². The van der Waals surface area contributed by atoms with Crippen molar-refractivity contribution in [2.24, 2.45) is 0 Å². The number of fused-ring (bicyclic) bond motifs is 1. The van der Waals surface area contributed by atoms with E-state index in [1.165, 1.54) is 0 Å². The van der Waals surface area contributed by atoms with Crippen LogP contribution in [-0.4, -0.2) is 40.3 Å². The van der Waals surface area contributed by atoms with Crippen molar-refractivity contribution in [3.8, 4) is 17.2 Å². The van der Waals surface area contributed by atoms with Crippen LogP contribution in [0.15, 0.2) is 54.6 Å². The molecule has 0 saturated heterocycles. The zero-order chi connectivity index (χ0) is 19.7. The third-order valence-corrected chi connectivity index (χ3v) is 5.00. The Morgan fingerprint density at radius 1 is 1.11 bits per heavy atom. The number of hydrogen-bond donors (Lipinski definition) is 0. The van der Waals surface area contributed by atoms with E-state index in [0.717, 1.165) is 22.6 Å². The Morgan fingerprint density at radius 2 is 1.79 bits per heavy atom. The fourth-order valence-corrected chi connectivity index (χ4v) is 3.43. The first-order valence-corrected chi connectivity index (χ1v) is 9.28. The van der Waals surface area contributed by atoms with Crippen LogP contribution < -0.4 is 9.47 Å². The molecule has 0 radical (unpaired) electrons. The van der Waals surface area contributed by atoms with E-state index in [9.17, 15) is 4.79 Å². The summed E-state index contributed by atoms with van der Waals surface area (Å²) >= 11 is 0. The number of benzene rings is 2. The molecule has 1 amide bonds. The number of carbonyl (C=O) groups is 1. The van der Waals surface area contributed by atoms with Crippen LogP contribution in [0.3, 0.4) is 0 Å². The topological polar surface area (TPSA) is 56.6 Å². The van der Waals surface area contributed by atoms with Gasteiger partial charge in [0, 0.05) is 24.8 Å². The van der Waals surface area contributed by atoms with Crippen LogP contribution in [0.2, 0.25) is 0 Å². The molecule has 28 heavy (non-hydrogen) atoms. The lowest BCUT2D eigenvalue weighted by molar-refractivity contribution is -0.140. The maximum Gasteiger partial charge on any atom is 0.267 e. The third kappa shape index (κ3) is 3.33. The van der Waals surface area contributed by atoms with E-state index in [2.05, 4.69) is 5.10 Å². The van der Waals surface area contributed by atoms with Crippen molar-refractivity contribution in [1.29, 1.82) is 0 Å². The van der Waals surface area contributed by atoms with E-state index < -0.39 is 6.10 Å². The second-order valence-electron chi connectivity index (χ2n) is 6.96. The summed E-state index contributed by atoms with van der Waals surface area (Å²) < 4.78 is 13.4. The zero-order valence-electron chi connectivity index (χ0n) is 16.3. The molecule has 0 aliphatic carbocycles. The van der Waals surface area contributed by atoms with Crippen molar-refractivity contribution >= 4 is 5.91 Å². The fourth-order valence-electron chi connectivity index (χ4n) is 3.43. The predicted octanol–water partition coefficient (Wildman–Crippen LogP) is 3.29. The van der Waals surface area contributed by atoms with Crippen molar-refractivity contribution in [3.63, 3.8) is 0 Å². The molecule has 6 heteroatoms. The van der Waals surface area contributed by atoms with E-state index in [4.69, 9.17) is 9.47 Å². The standard InChI is InChI=1S/C22H23N3O3/c1-15-18(16(2)25(23-15)17-9-5-4-6-10-17)13-24(3)22(26)21-14-27-19-11-7-8-12-20(19)28-21/h4-12,21H,13-14H2,1-3H3. The minimum Gasteiger partial charge on any atom is -0.485 e. The molecule has 2 aromatic carbocycles. The van der Waals surface area contributed by atoms with Crippen molar-refractivity contribution in [3.05, 3.63) is 71.5 Å². The Labute approximate surface area is 164 Å². The number of aromatic nitrogens is 2. The average molecular weight is 377 g/mol. The molecule has 0 N–H and O–H groups in total. The summed E-state index contributed by atoms with van der Waals surface area (Å²) in [6.45, 7) is 4.67. The first-order valence-electron chi connectivity index (χ1n) is 9.28. The molecule has 2 heterocycles. The molecule has 0 fully saturated rings. The van der Waals surface area contributed by atoms with Crippen LogP contribution in [0.5, 0.6) is 11.5 Å². The molecule has 6 nitrogen and oxygen atoms in total. The number of amides is 1. The second kappa shape index (κ2) is 7.38. The quantitative estimate of drug-likeness (QED) is 0.700. The Bertz CT molecular complexity index is 998. The highest BCUT2D eigenvalue weighted by Crippen LogP contribution is 2.31. The molecule has 1 aliphatic rings. The minimum atomic E-state index is -0.648. The number of hydrogen-bond acceptors (Lipinski definition) is 4. The summed E-state index contributed by atoms with van der Waals surface area (Å²) in [7, 11) is 1.78. The molecule has 144 valence electrons. The number of rotatable bonds is 4. The van der Waals surface area contributed by atoms with Crippen LogP contribution in [0.4, 0.5) is 0 Å². The van der Waals surface area contributed by atoms with Crippen LogP contribution >= 0.6 is 0 Å². The summed E-state index contributed by atoms with van der Waals surface area (Å²) in [4.78, 5) is 14.6. The normalized spacial score (nSPS) is 15.3. The largest absolute Gasteiger partial charge is 0.485 e. The lowest BCUT2D eigenvalue weighted by atomic mass is 10.1. The summed E-state index contributed by atoms with van der Waals surface area (Å²) in [6.07, 6.45) is -0.648. The highest BCUT2D eigenvalue weighted by atomic mass is 16.6. The van der Waals surface area contributed by atoms with E-state index in [-0.39, 0.29) is 12.5 Å². The summed E-state index contributed by atoms with van der Waals surface area (Å²) in [5.74, 6) is 1.16. The van der Waals surface area contributed by atoms with Gasteiger partial charge in [0.2, 0.25) is 6.10 Å². The third-order valence-electron chi connectivity index (χ3n) is 5.00. The van der Waals surface area contributed by atoms with Crippen molar-refractivity contribution < 1.29 is 14.3 Å². The molecular weight excluding hydrogens is 354 g/mol.